The maximum atomic E-state index is 10.8. The summed E-state index contributed by atoms with van der Waals surface area (Å²) in [6, 6.07) is 3.65. The number of ether oxygens (including phenoxy) is 1. The van der Waals surface area contributed by atoms with E-state index in [-0.39, 0.29) is 12.0 Å². The molecule has 1 atom stereocenters. The van der Waals surface area contributed by atoms with Crippen LogP contribution < -0.4 is 10.2 Å². The van der Waals surface area contributed by atoms with Crippen LogP contribution in [0, 0.1) is 5.92 Å². The van der Waals surface area contributed by atoms with Gasteiger partial charge in [-0.3, -0.25) is 0 Å². The molecule has 110 valence electrons. The lowest BCUT2D eigenvalue weighted by Gasteiger charge is -2.28. The molecule has 2 rings (SSSR count). The van der Waals surface area contributed by atoms with Crippen LogP contribution in [0.4, 0.5) is 10.6 Å². The number of nitrogens with one attached hydrogen (secondary N) is 1. The van der Waals surface area contributed by atoms with Gasteiger partial charge in [0.15, 0.2) is 0 Å². The van der Waals surface area contributed by atoms with E-state index in [2.05, 4.69) is 15.2 Å². The minimum atomic E-state index is -1.01. The summed E-state index contributed by atoms with van der Waals surface area (Å²) in [5, 5.41) is 11.4. The Morgan fingerprint density at radius 3 is 2.60 bits per heavy atom. The number of aromatic nitrogens is 1. The van der Waals surface area contributed by atoms with Crippen LogP contribution in [0.5, 0.6) is 0 Å². The maximum absolute atomic E-state index is 10.8. The van der Waals surface area contributed by atoms with Crippen LogP contribution in [0.15, 0.2) is 18.3 Å². The van der Waals surface area contributed by atoms with Crippen molar-refractivity contribution in [3.8, 4) is 0 Å². The number of carboxylic acid groups (broad SMARTS) is 1. The molecule has 1 fully saturated rings. The fraction of sp³-hybridized carbons (Fsp3) is 0.571. The van der Waals surface area contributed by atoms with Crippen LogP contribution in [0.1, 0.15) is 25.5 Å². The SMILES string of the molecule is CC(C)[C@H](NC(=O)O)c1ccc(N2CCOCC2)nc1. The zero-order chi connectivity index (χ0) is 14.5. The second-order valence-electron chi connectivity index (χ2n) is 5.22. The summed E-state index contributed by atoms with van der Waals surface area (Å²) in [4.78, 5) is 17.5. The van der Waals surface area contributed by atoms with E-state index in [1.807, 2.05) is 26.0 Å². The summed E-state index contributed by atoms with van der Waals surface area (Å²) in [7, 11) is 0. The summed E-state index contributed by atoms with van der Waals surface area (Å²) < 4.78 is 5.31. The Bertz CT molecular complexity index is 441. The molecule has 1 aromatic rings. The molecule has 6 nitrogen and oxygen atoms in total. The minimum absolute atomic E-state index is 0.169. The smallest absolute Gasteiger partial charge is 0.405 e. The zero-order valence-corrected chi connectivity index (χ0v) is 11.9. The highest BCUT2D eigenvalue weighted by Crippen LogP contribution is 2.23. The first-order valence-corrected chi connectivity index (χ1v) is 6.86. The van der Waals surface area contributed by atoms with Gasteiger partial charge in [0.1, 0.15) is 5.82 Å². The van der Waals surface area contributed by atoms with E-state index >= 15 is 0 Å². The van der Waals surface area contributed by atoms with Crippen molar-refractivity contribution in [2.24, 2.45) is 5.92 Å². The second kappa shape index (κ2) is 6.56. The molecule has 20 heavy (non-hydrogen) atoms. The van der Waals surface area contributed by atoms with Crippen molar-refractivity contribution in [3.63, 3.8) is 0 Å². The van der Waals surface area contributed by atoms with Crippen molar-refractivity contribution < 1.29 is 14.6 Å². The Morgan fingerprint density at radius 2 is 2.10 bits per heavy atom. The van der Waals surface area contributed by atoms with Crippen LogP contribution in [-0.4, -0.2) is 42.5 Å². The molecule has 1 amide bonds. The molecule has 1 aromatic heterocycles. The Morgan fingerprint density at radius 1 is 1.40 bits per heavy atom. The molecule has 1 aliphatic rings. The third-order valence-corrected chi connectivity index (χ3v) is 3.41. The van der Waals surface area contributed by atoms with Crippen molar-refractivity contribution >= 4 is 11.9 Å². The molecule has 0 radical (unpaired) electrons. The Hall–Kier alpha value is -1.82. The summed E-state index contributed by atoms with van der Waals surface area (Å²) in [6.45, 7) is 7.09. The molecule has 0 unspecified atom stereocenters. The number of carbonyl (C=O) groups is 1. The molecule has 0 saturated carbocycles. The van der Waals surface area contributed by atoms with Gasteiger partial charge in [-0.2, -0.15) is 0 Å². The number of morpholine rings is 1. The minimum Gasteiger partial charge on any atom is -0.465 e. The van der Waals surface area contributed by atoms with Crippen LogP contribution in [-0.2, 0) is 4.74 Å². The Labute approximate surface area is 118 Å². The molecule has 6 heteroatoms. The van der Waals surface area contributed by atoms with Crippen LogP contribution >= 0.6 is 0 Å². The number of pyridine rings is 1. The van der Waals surface area contributed by atoms with E-state index in [0.717, 1.165) is 37.7 Å². The average molecular weight is 279 g/mol. The first-order chi connectivity index (χ1) is 9.58. The van der Waals surface area contributed by atoms with Crippen LogP contribution in [0.3, 0.4) is 0 Å². The Balaban J connectivity index is 2.10. The largest absolute Gasteiger partial charge is 0.465 e. The first-order valence-electron chi connectivity index (χ1n) is 6.86. The quantitative estimate of drug-likeness (QED) is 0.880. The molecule has 0 spiro atoms. The average Bonchev–Trinajstić information content (AvgIpc) is 2.45. The van der Waals surface area contributed by atoms with Gasteiger partial charge in [-0.1, -0.05) is 19.9 Å². The fourth-order valence-corrected chi connectivity index (χ4v) is 2.33. The Kier molecular flexibility index (Phi) is 4.79. The van der Waals surface area contributed by atoms with Gasteiger partial charge >= 0.3 is 6.09 Å². The molecule has 2 N–H and O–H groups in total. The van der Waals surface area contributed by atoms with Gasteiger partial charge in [-0.05, 0) is 17.5 Å². The number of anilines is 1. The maximum Gasteiger partial charge on any atom is 0.405 e. The molecular weight excluding hydrogens is 258 g/mol. The number of amides is 1. The van der Waals surface area contributed by atoms with E-state index < -0.39 is 6.09 Å². The predicted octanol–water partition coefficient (Wildman–Crippen LogP) is 1.88. The lowest BCUT2D eigenvalue weighted by molar-refractivity contribution is 0.122. The van der Waals surface area contributed by atoms with E-state index in [0.29, 0.717) is 0 Å². The normalized spacial score (nSPS) is 17.1. The summed E-state index contributed by atoms with van der Waals surface area (Å²) in [5.41, 5.74) is 0.888. The topological polar surface area (TPSA) is 74.7 Å². The van der Waals surface area contributed by atoms with Gasteiger partial charge in [0.05, 0.1) is 19.3 Å². The molecule has 1 saturated heterocycles. The van der Waals surface area contributed by atoms with Gasteiger partial charge in [0.25, 0.3) is 0 Å². The standard InChI is InChI=1S/C14H21N3O3/c1-10(2)13(16-14(18)19)11-3-4-12(15-9-11)17-5-7-20-8-6-17/h3-4,9-10,13,16H,5-8H2,1-2H3,(H,18,19)/t13-/m0/s1. The highest BCUT2D eigenvalue weighted by Gasteiger charge is 2.19. The molecule has 2 heterocycles. The first kappa shape index (κ1) is 14.6. The fourth-order valence-electron chi connectivity index (χ4n) is 2.33. The van der Waals surface area contributed by atoms with E-state index in [4.69, 9.17) is 9.84 Å². The zero-order valence-electron chi connectivity index (χ0n) is 11.9. The van der Waals surface area contributed by atoms with Gasteiger partial charge < -0.3 is 20.1 Å². The van der Waals surface area contributed by atoms with Gasteiger partial charge in [0, 0.05) is 19.3 Å². The van der Waals surface area contributed by atoms with Crippen molar-refractivity contribution in [1.29, 1.82) is 0 Å². The number of hydrogen-bond donors (Lipinski definition) is 2. The number of nitrogens with zero attached hydrogens (tertiary/aromatic N) is 2. The van der Waals surface area contributed by atoms with Crippen molar-refractivity contribution in [3.05, 3.63) is 23.9 Å². The predicted molar refractivity (Wildman–Crippen MR) is 76.0 cm³/mol. The second-order valence-corrected chi connectivity index (χ2v) is 5.22. The van der Waals surface area contributed by atoms with E-state index in [1.54, 1.807) is 6.20 Å². The number of hydrogen-bond acceptors (Lipinski definition) is 4. The van der Waals surface area contributed by atoms with Gasteiger partial charge in [0.2, 0.25) is 0 Å². The van der Waals surface area contributed by atoms with Gasteiger partial charge in [-0.25, -0.2) is 9.78 Å². The molecular formula is C14H21N3O3. The molecule has 0 aliphatic carbocycles. The van der Waals surface area contributed by atoms with Crippen molar-refractivity contribution in [1.82, 2.24) is 10.3 Å². The molecule has 0 bridgehead atoms. The summed E-state index contributed by atoms with van der Waals surface area (Å²) in [5.74, 6) is 1.08. The van der Waals surface area contributed by atoms with Crippen molar-refractivity contribution in [2.45, 2.75) is 19.9 Å². The molecule has 1 aliphatic heterocycles. The summed E-state index contributed by atoms with van der Waals surface area (Å²) >= 11 is 0. The van der Waals surface area contributed by atoms with Gasteiger partial charge in [-0.15, -0.1) is 0 Å². The molecule has 0 aromatic carbocycles. The van der Waals surface area contributed by atoms with Crippen LogP contribution in [0.2, 0.25) is 0 Å². The van der Waals surface area contributed by atoms with E-state index in [1.165, 1.54) is 0 Å². The lowest BCUT2D eigenvalue weighted by atomic mass is 9.97. The van der Waals surface area contributed by atoms with Crippen LogP contribution in [0.25, 0.3) is 0 Å². The summed E-state index contributed by atoms with van der Waals surface area (Å²) in [6.07, 6.45) is 0.742. The number of rotatable bonds is 4. The highest BCUT2D eigenvalue weighted by molar-refractivity contribution is 5.65. The van der Waals surface area contributed by atoms with E-state index in [9.17, 15) is 4.79 Å². The lowest BCUT2D eigenvalue weighted by Crippen LogP contribution is -2.36. The van der Waals surface area contributed by atoms with Crippen molar-refractivity contribution in [2.75, 3.05) is 31.2 Å². The highest BCUT2D eigenvalue weighted by atomic mass is 16.5. The monoisotopic (exact) mass is 279 g/mol. The third kappa shape index (κ3) is 3.60. The third-order valence-electron chi connectivity index (χ3n) is 3.41.